The molecule has 4 heteroatoms. The minimum absolute atomic E-state index is 0.772. The van der Waals surface area contributed by atoms with E-state index < -0.39 is 8.96 Å². The molecule has 0 rings (SSSR count). The lowest BCUT2D eigenvalue weighted by Gasteiger charge is -2.13. The molecule has 9 heavy (non-hydrogen) atoms. The quantitative estimate of drug-likeness (QED) is 0.384. The molecule has 0 saturated carbocycles. The first kappa shape index (κ1) is 8.52. The third-order valence-electron chi connectivity index (χ3n) is 1.29. The molecule has 0 atom stereocenters. The van der Waals surface area contributed by atoms with Gasteiger partial charge in [0.05, 0.1) is 0 Å². The molecular weight excluding hydrogens is 134 g/mol. The van der Waals surface area contributed by atoms with Gasteiger partial charge in [-0.25, -0.2) is 0 Å². The van der Waals surface area contributed by atoms with E-state index >= 15 is 0 Å². The van der Waals surface area contributed by atoms with Gasteiger partial charge >= 0.3 is 0 Å². The molecule has 0 aliphatic carbocycles. The Labute approximate surface area is 56.3 Å². The van der Waals surface area contributed by atoms with Crippen molar-refractivity contribution in [2.45, 2.75) is 6.92 Å². The van der Waals surface area contributed by atoms with E-state index in [4.69, 9.17) is 0 Å². The van der Waals surface area contributed by atoms with E-state index in [-0.39, 0.29) is 0 Å². The van der Waals surface area contributed by atoms with Crippen LogP contribution in [0, 0.1) is 0 Å². The summed E-state index contributed by atoms with van der Waals surface area (Å²) in [5.41, 5.74) is 0. The smallest absolute Gasteiger partial charge is 0.254 e. The number of hydrogen-bond acceptors (Lipinski definition) is 3. The van der Waals surface area contributed by atoms with Crippen molar-refractivity contribution in [2.75, 3.05) is 13.6 Å². The van der Waals surface area contributed by atoms with Crippen LogP contribution < -0.4 is 0 Å². The van der Waals surface area contributed by atoms with Gasteiger partial charge in [0, 0.05) is 0 Å². The topological polar surface area (TPSA) is 37.4 Å². The molecule has 0 unspecified atom stereocenters. The van der Waals surface area contributed by atoms with Gasteiger partial charge in [-0.15, -0.1) is 0 Å². The Balaban J connectivity index is 3.77. The monoisotopic (exact) mass is 145 g/mol. The highest BCUT2D eigenvalue weighted by Crippen LogP contribution is 1.81. The average molecular weight is 145 g/mol. The summed E-state index contributed by atoms with van der Waals surface area (Å²) in [6, 6.07) is 0. The fourth-order valence-corrected chi connectivity index (χ4v) is 1.35. The van der Waals surface area contributed by atoms with Crippen molar-refractivity contribution in [3.8, 4) is 0 Å². The van der Waals surface area contributed by atoms with E-state index in [9.17, 15) is 9.59 Å². The summed E-state index contributed by atoms with van der Waals surface area (Å²) in [6.07, 6.45) is 0. The lowest BCUT2D eigenvalue weighted by Crippen LogP contribution is -2.39. The van der Waals surface area contributed by atoms with Crippen LogP contribution in [0.1, 0.15) is 6.92 Å². The number of carbonyl (C=O) groups is 2. The van der Waals surface area contributed by atoms with Crippen molar-refractivity contribution in [1.29, 1.82) is 0 Å². The summed E-state index contributed by atoms with van der Waals surface area (Å²) < 4.78 is 1.81. The second-order valence-electron chi connectivity index (χ2n) is 1.84. The Morgan fingerprint density at radius 2 is 1.89 bits per heavy atom. The molecule has 0 fully saturated rings. The summed E-state index contributed by atoms with van der Waals surface area (Å²) in [6.45, 7) is 2.70. The number of carbonyl (C=O) groups excluding carboxylic acids is 2. The van der Waals surface area contributed by atoms with Crippen molar-refractivity contribution in [3.63, 3.8) is 0 Å². The highest BCUT2D eigenvalue weighted by Gasteiger charge is 2.12. The molecule has 0 aromatic rings. The first-order chi connectivity index (χ1) is 4.26. The van der Waals surface area contributed by atoms with E-state index in [0.29, 0.717) is 0 Å². The van der Waals surface area contributed by atoms with Crippen LogP contribution in [0.3, 0.4) is 0 Å². The molecule has 52 valence electrons. The molecule has 0 heterocycles. The van der Waals surface area contributed by atoms with E-state index in [1.54, 1.807) is 11.6 Å². The van der Waals surface area contributed by atoms with Crippen molar-refractivity contribution in [3.05, 3.63) is 0 Å². The Kier molecular flexibility index (Phi) is 4.16. The normalized spacial score (nSPS) is 10.2. The molecule has 0 aliphatic rings. The molecule has 0 aliphatic heterocycles. The fourth-order valence-electron chi connectivity index (χ4n) is 0.451. The first-order valence-electron chi connectivity index (χ1n) is 2.87. The third kappa shape index (κ3) is 2.53. The zero-order valence-corrected chi connectivity index (χ0v) is 6.86. The van der Waals surface area contributed by atoms with Crippen molar-refractivity contribution >= 4 is 20.8 Å². The van der Waals surface area contributed by atoms with Gasteiger partial charge in [-0.2, -0.15) is 0 Å². The summed E-state index contributed by atoms with van der Waals surface area (Å²) in [4.78, 5) is 20.3. The van der Waals surface area contributed by atoms with Crippen LogP contribution in [-0.2, 0) is 9.59 Å². The maximum atomic E-state index is 10.1. The number of rotatable bonds is 4. The van der Waals surface area contributed by atoms with E-state index in [0.717, 1.165) is 18.4 Å². The molecule has 0 spiro atoms. The van der Waals surface area contributed by atoms with Gasteiger partial charge in [0.1, 0.15) is 11.8 Å². The summed E-state index contributed by atoms with van der Waals surface area (Å²) in [5.74, 6) is 1.55. The SMILES string of the molecule is CCN(C)[SiH](C=O)C=O. The van der Waals surface area contributed by atoms with Crippen LogP contribution in [0.5, 0.6) is 0 Å². The fraction of sp³-hybridized carbons (Fsp3) is 0.600. The molecule has 0 aromatic carbocycles. The maximum absolute atomic E-state index is 10.1. The van der Waals surface area contributed by atoms with E-state index in [2.05, 4.69) is 0 Å². The zero-order chi connectivity index (χ0) is 7.28. The Morgan fingerprint density at radius 1 is 1.44 bits per heavy atom. The lowest BCUT2D eigenvalue weighted by atomic mass is 10.8. The van der Waals surface area contributed by atoms with Crippen molar-refractivity contribution in [2.24, 2.45) is 0 Å². The predicted octanol–water partition coefficient (Wildman–Crippen LogP) is -0.794. The second kappa shape index (κ2) is 4.40. The van der Waals surface area contributed by atoms with Crippen molar-refractivity contribution < 1.29 is 9.59 Å². The van der Waals surface area contributed by atoms with Crippen LogP contribution in [0.4, 0.5) is 0 Å². The van der Waals surface area contributed by atoms with Crippen LogP contribution in [-0.4, -0.2) is 38.9 Å². The molecule has 0 N–H and O–H groups in total. The lowest BCUT2D eigenvalue weighted by molar-refractivity contribution is 0.532. The van der Waals surface area contributed by atoms with Crippen LogP contribution in [0.25, 0.3) is 0 Å². The molecule has 0 bridgehead atoms. The molecule has 0 amide bonds. The number of nitrogens with zero attached hydrogens (tertiary/aromatic N) is 1. The Morgan fingerprint density at radius 3 is 2.00 bits per heavy atom. The average Bonchev–Trinajstić information content (AvgIpc) is 1.90. The predicted molar refractivity (Wildman–Crippen MR) is 39.0 cm³/mol. The standard InChI is InChI=1S/C5H11NO2Si/c1-3-6(2)9(4-7)5-8/h4-5,9H,3H2,1-2H3. The van der Waals surface area contributed by atoms with E-state index in [1.807, 2.05) is 6.92 Å². The molecule has 0 aromatic heterocycles. The van der Waals surface area contributed by atoms with Gasteiger partial charge < -0.3 is 14.2 Å². The van der Waals surface area contributed by atoms with Gasteiger partial charge in [0.15, 0.2) is 0 Å². The first-order valence-corrected chi connectivity index (χ1v) is 4.72. The van der Waals surface area contributed by atoms with Gasteiger partial charge in [0.2, 0.25) is 0 Å². The molecule has 3 nitrogen and oxygen atoms in total. The zero-order valence-electron chi connectivity index (χ0n) is 5.70. The Bertz CT molecular complexity index is 99.1. The van der Waals surface area contributed by atoms with Gasteiger partial charge in [-0.3, -0.25) is 0 Å². The van der Waals surface area contributed by atoms with Crippen molar-refractivity contribution in [1.82, 2.24) is 4.57 Å². The molecule has 0 radical (unpaired) electrons. The summed E-state index contributed by atoms with van der Waals surface area (Å²) >= 11 is 0. The van der Waals surface area contributed by atoms with Crippen LogP contribution in [0.2, 0.25) is 0 Å². The number of hydrogen-bond donors (Lipinski definition) is 0. The minimum atomic E-state index is -1.81. The Hall–Kier alpha value is -0.483. The minimum Gasteiger partial charge on any atom is -0.318 e. The van der Waals surface area contributed by atoms with Gasteiger partial charge in [-0.05, 0) is 13.6 Å². The highest BCUT2D eigenvalue weighted by molar-refractivity contribution is 7.01. The van der Waals surface area contributed by atoms with E-state index in [1.165, 1.54) is 0 Å². The van der Waals surface area contributed by atoms with Crippen LogP contribution >= 0.6 is 0 Å². The third-order valence-corrected chi connectivity index (χ3v) is 3.23. The highest BCUT2D eigenvalue weighted by atomic mass is 28.3. The largest absolute Gasteiger partial charge is 0.318 e. The maximum Gasteiger partial charge on any atom is 0.254 e. The van der Waals surface area contributed by atoms with Crippen LogP contribution in [0.15, 0.2) is 0 Å². The summed E-state index contributed by atoms with van der Waals surface area (Å²) in [7, 11) is -0.0227. The second-order valence-corrected chi connectivity index (χ2v) is 4.24. The van der Waals surface area contributed by atoms with Gasteiger partial charge in [-0.1, -0.05) is 6.92 Å². The summed E-state index contributed by atoms with van der Waals surface area (Å²) in [5, 5.41) is 0. The molecular formula is C5H11NO2Si. The molecule has 0 saturated heterocycles. The van der Waals surface area contributed by atoms with Gasteiger partial charge in [0.25, 0.3) is 8.96 Å².